The van der Waals surface area contributed by atoms with Gasteiger partial charge < -0.3 is 14.5 Å². The molecule has 1 unspecified atom stereocenters. The largest absolute Gasteiger partial charge is 0.490 e. The quantitative estimate of drug-likeness (QED) is 0.850. The molecule has 2 aromatic heterocycles. The van der Waals surface area contributed by atoms with Crippen molar-refractivity contribution >= 4 is 5.82 Å². The van der Waals surface area contributed by atoms with Crippen molar-refractivity contribution in [3.63, 3.8) is 0 Å². The second-order valence-electron chi connectivity index (χ2n) is 4.11. The highest BCUT2D eigenvalue weighted by Crippen LogP contribution is 2.22. The predicted molar refractivity (Wildman–Crippen MR) is 70.9 cm³/mol. The van der Waals surface area contributed by atoms with Gasteiger partial charge in [0, 0.05) is 18.7 Å². The molecule has 1 N–H and O–H groups in total. The van der Waals surface area contributed by atoms with Gasteiger partial charge in [-0.05, 0) is 38.1 Å². The average Bonchev–Trinajstić information content (AvgIpc) is 2.84. The highest BCUT2D eigenvalue weighted by Gasteiger charge is 2.09. The van der Waals surface area contributed by atoms with Gasteiger partial charge in [0.25, 0.3) is 0 Å². The first-order valence-corrected chi connectivity index (χ1v) is 6.16. The fourth-order valence-electron chi connectivity index (χ4n) is 1.79. The van der Waals surface area contributed by atoms with Crippen LogP contribution in [0.15, 0.2) is 41.1 Å². The van der Waals surface area contributed by atoms with E-state index >= 15 is 0 Å². The van der Waals surface area contributed by atoms with Crippen molar-refractivity contribution in [3.8, 4) is 5.75 Å². The minimum atomic E-state index is 0.227. The van der Waals surface area contributed by atoms with Gasteiger partial charge in [0.2, 0.25) is 0 Å². The smallest absolute Gasteiger partial charge is 0.168 e. The molecule has 0 aromatic carbocycles. The molecule has 0 fully saturated rings. The lowest BCUT2D eigenvalue weighted by atomic mass is 10.2. The molecule has 0 aliphatic carbocycles. The maximum Gasteiger partial charge on any atom is 0.168 e. The fourth-order valence-corrected chi connectivity index (χ4v) is 1.79. The van der Waals surface area contributed by atoms with Gasteiger partial charge in [-0.25, -0.2) is 4.98 Å². The minimum absolute atomic E-state index is 0.227. The molecule has 1 atom stereocenters. The van der Waals surface area contributed by atoms with Gasteiger partial charge in [-0.3, -0.25) is 0 Å². The number of furan rings is 1. The monoisotopic (exact) mass is 246 g/mol. The lowest BCUT2D eigenvalue weighted by Crippen LogP contribution is -2.19. The molecule has 2 aromatic rings. The molecule has 0 spiro atoms. The van der Waals surface area contributed by atoms with Crippen LogP contribution in [0.3, 0.4) is 0 Å². The lowest BCUT2D eigenvalue weighted by molar-refractivity contribution is 0.340. The van der Waals surface area contributed by atoms with E-state index in [-0.39, 0.29) is 6.04 Å². The van der Waals surface area contributed by atoms with Crippen molar-refractivity contribution in [1.29, 1.82) is 0 Å². The Morgan fingerprint density at radius 2 is 2.28 bits per heavy atom. The number of ether oxygens (including phenoxy) is 1. The van der Waals surface area contributed by atoms with Gasteiger partial charge in [0.1, 0.15) is 5.76 Å². The summed E-state index contributed by atoms with van der Waals surface area (Å²) in [6, 6.07) is 7.88. The Kier molecular flexibility index (Phi) is 4.23. The molecule has 0 saturated heterocycles. The topological polar surface area (TPSA) is 47.3 Å². The summed E-state index contributed by atoms with van der Waals surface area (Å²) < 4.78 is 10.9. The number of pyridine rings is 1. The number of hydrogen-bond donors (Lipinski definition) is 1. The molecule has 0 bridgehead atoms. The molecular weight excluding hydrogens is 228 g/mol. The van der Waals surface area contributed by atoms with Crippen LogP contribution in [0.5, 0.6) is 5.75 Å². The highest BCUT2D eigenvalue weighted by atomic mass is 16.5. The van der Waals surface area contributed by atoms with Gasteiger partial charge in [0.15, 0.2) is 11.6 Å². The van der Waals surface area contributed by atoms with E-state index in [1.165, 1.54) is 0 Å². The van der Waals surface area contributed by atoms with Crippen LogP contribution in [0.25, 0.3) is 0 Å². The Morgan fingerprint density at radius 1 is 1.39 bits per heavy atom. The summed E-state index contributed by atoms with van der Waals surface area (Å²) in [5.41, 5.74) is 0. The van der Waals surface area contributed by atoms with Gasteiger partial charge in [-0.1, -0.05) is 0 Å². The van der Waals surface area contributed by atoms with Crippen LogP contribution in [0.2, 0.25) is 0 Å². The van der Waals surface area contributed by atoms with Gasteiger partial charge >= 0.3 is 0 Å². The zero-order valence-electron chi connectivity index (χ0n) is 10.7. The molecule has 18 heavy (non-hydrogen) atoms. The van der Waals surface area contributed by atoms with Crippen LogP contribution >= 0.6 is 0 Å². The zero-order chi connectivity index (χ0) is 12.8. The van der Waals surface area contributed by atoms with Gasteiger partial charge in [0.05, 0.1) is 12.9 Å². The van der Waals surface area contributed by atoms with Crippen molar-refractivity contribution in [1.82, 2.24) is 4.98 Å². The fraction of sp³-hybridized carbons (Fsp3) is 0.357. The van der Waals surface area contributed by atoms with Crippen LogP contribution in [0.4, 0.5) is 5.82 Å². The van der Waals surface area contributed by atoms with Gasteiger partial charge in [-0.15, -0.1) is 0 Å². The molecule has 4 nitrogen and oxygen atoms in total. The first kappa shape index (κ1) is 12.5. The maximum absolute atomic E-state index is 5.52. The van der Waals surface area contributed by atoms with Crippen LogP contribution < -0.4 is 10.1 Å². The van der Waals surface area contributed by atoms with Crippen LogP contribution in [-0.2, 0) is 6.42 Å². The van der Waals surface area contributed by atoms with E-state index in [0.717, 1.165) is 23.7 Å². The zero-order valence-corrected chi connectivity index (χ0v) is 10.7. The van der Waals surface area contributed by atoms with Crippen molar-refractivity contribution in [2.45, 2.75) is 26.3 Å². The van der Waals surface area contributed by atoms with Crippen LogP contribution in [-0.4, -0.2) is 17.6 Å². The second kappa shape index (κ2) is 6.10. The molecular formula is C14H18N2O2. The van der Waals surface area contributed by atoms with E-state index in [9.17, 15) is 0 Å². The third kappa shape index (κ3) is 3.26. The summed E-state index contributed by atoms with van der Waals surface area (Å²) in [7, 11) is 0. The Morgan fingerprint density at radius 3 is 3.00 bits per heavy atom. The Hall–Kier alpha value is -1.97. The van der Waals surface area contributed by atoms with Crippen molar-refractivity contribution in [2.75, 3.05) is 11.9 Å². The van der Waals surface area contributed by atoms with E-state index in [2.05, 4.69) is 17.2 Å². The first-order valence-electron chi connectivity index (χ1n) is 6.16. The molecule has 0 radical (unpaired) electrons. The number of aromatic nitrogens is 1. The van der Waals surface area contributed by atoms with Crippen LogP contribution in [0.1, 0.15) is 19.6 Å². The SMILES string of the molecule is CCOc1cccnc1NC(C)Cc1ccco1. The number of anilines is 1. The Labute approximate surface area is 107 Å². The average molecular weight is 246 g/mol. The highest BCUT2D eigenvalue weighted by molar-refractivity contribution is 5.50. The molecule has 0 aliphatic heterocycles. The summed E-state index contributed by atoms with van der Waals surface area (Å²) in [4.78, 5) is 4.30. The van der Waals surface area contributed by atoms with E-state index < -0.39 is 0 Å². The van der Waals surface area contributed by atoms with E-state index in [4.69, 9.17) is 9.15 Å². The predicted octanol–water partition coefficient (Wildman–Crippen LogP) is 3.12. The van der Waals surface area contributed by atoms with Crippen molar-refractivity contribution in [3.05, 3.63) is 42.5 Å². The number of rotatable bonds is 6. The summed E-state index contributed by atoms with van der Waals surface area (Å²) in [5, 5.41) is 3.34. The molecule has 4 heteroatoms. The summed E-state index contributed by atoms with van der Waals surface area (Å²) in [5.74, 6) is 2.52. The first-order chi connectivity index (χ1) is 8.79. The standard InChI is InChI=1S/C14H18N2O2/c1-3-17-13-7-4-8-15-14(13)16-11(2)10-12-6-5-9-18-12/h4-9,11H,3,10H2,1-2H3,(H,15,16). The lowest BCUT2D eigenvalue weighted by Gasteiger charge is -2.16. The summed E-state index contributed by atoms with van der Waals surface area (Å²) in [6.45, 7) is 4.68. The van der Waals surface area contributed by atoms with E-state index in [1.54, 1.807) is 12.5 Å². The Bertz CT molecular complexity index is 468. The number of nitrogens with one attached hydrogen (secondary N) is 1. The molecule has 2 heterocycles. The summed E-state index contributed by atoms with van der Waals surface area (Å²) >= 11 is 0. The molecule has 96 valence electrons. The van der Waals surface area contributed by atoms with Gasteiger partial charge in [-0.2, -0.15) is 0 Å². The number of hydrogen-bond acceptors (Lipinski definition) is 4. The third-order valence-corrected chi connectivity index (χ3v) is 2.54. The van der Waals surface area contributed by atoms with Crippen molar-refractivity contribution in [2.24, 2.45) is 0 Å². The minimum Gasteiger partial charge on any atom is -0.490 e. The van der Waals surface area contributed by atoms with Crippen LogP contribution in [0, 0.1) is 0 Å². The van der Waals surface area contributed by atoms with E-state index in [1.807, 2.05) is 31.2 Å². The Balaban J connectivity index is 2.00. The van der Waals surface area contributed by atoms with E-state index in [0.29, 0.717) is 6.61 Å². The third-order valence-electron chi connectivity index (χ3n) is 2.54. The molecule has 0 saturated carbocycles. The number of nitrogens with zero attached hydrogens (tertiary/aromatic N) is 1. The summed E-state index contributed by atoms with van der Waals surface area (Å²) in [6.07, 6.45) is 4.26. The second-order valence-corrected chi connectivity index (χ2v) is 4.11. The normalized spacial score (nSPS) is 12.1. The maximum atomic E-state index is 5.52. The molecule has 0 amide bonds. The molecule has 0 aliphatic rings. The van der Waals surface area contributed by atoms with Crippen molar-refractivity contribution < 1.29 is 9.15 Å². The molecule has 2 rings (SSSR count).